The van der Waals surface area contributed by atoms with Gasteiger partial charge >= 0.3 is 0 Å². The maximum absolute atomic E-state index is 12.1. The lowest BCUT2D eigenvalue weighted by atomic mass is 9.58. The molecule has 3 N–H and O–H groups in total. The molecule has 1 aliphatic heterocycles. The Labute approximate surface area is 179 Å². The Hall–Kier alpha value is -1.66. The average Bonchev–Trinajstić information content (AvgIpc) is 2.71. The van der Waals surface area contributed by atoms with Crippen LogP contribution in [0.25, 0.3) is 0 Å². The summed E-state index contributed by atoms with van der Waals surface area (Å²) >= 11 is 4.12. The first-order valence-electron chi connectivity index (χ1n) is 10.6. The Bertz CT molecular complexity index is 795. The van der Waals surface area contributed by atoms with Crippen LogP contribution in [-0.4, -0.2) is 53.0 Å². The van der Waals surface area contributed by atoms with Gasteiger partial charge in [0.25, 0.3) is 0 Å². The number of phenolic OH excluding ortho intramolecular Hbond substituents is 2. The minimum Gasteiger partial charge on any atom is -0.504 e. The fraction of sp³-hybridized carbons (Fsp3) is 0.609. The van der Waals surface area contributed by atoms with Crippen molar-refractivity contribution in [3.63, 3.8) is 0 Å². The van der Waals surface area contributed by atoms with Gasteiger partial charge in [-0.15, -0.1) is 0 Å². The van der Waals surface area contributed by atoms with Crippen molar-refractivity contribution in [1.29, 1.82) is 0 Å². The third kappa shape index (κ3) is 4.15. The van der Waals surface area contributed by atoms with Gasteiger partial charge in [-0.2, -0.15) is 12.6 Å². The van der Waals surface area contributed by atoms with Crippen LogP contribution in [0.2, 0.25) is 0 Å². The Balaban J connectivity index is 1.99. The van der Waals surface area contributed by atoms with Crippen LogP contribution in [0.1, 0.15) is 49.3 Å². The molecule has 0 bridgehead atoms. The van der Waals surface area contributed by atoms with Gasteiger partial charge in [0, 0.05) is 41.7 Å². The van der Waals surface area contributed by atoms with Crippen LogP contribution in [0.5, 0.6) is 11.5 Å². The monoisotopic (exact) mass is 418 g/mol. The largest absolute Gasteiger partial charge is 0.504 e. The average molecular weight is 419 g/mol. The SMILES string of the molecule is Cc1c(CCC(=O)NCCS)cc(O)c(O)c1C12CCC=CC1[C@@H](C)N(C)CC2. The van der Waals surface area contributed by atoms with E-state index < -0.39 is 0 Å². The topological polar surface area (TPSA) is 72.8 Å². The molecular formula is C23H34N2O3S. The number of nitrogens with zero attached hydrogens (tertiary/aromatic N) is 1. The molecular weight excluding hydrogens is 384 g/mol. The smallest absolute Gasteiger partial charge is 0.220 e. The number of phenols is 2. The van der Waals surface area contributed by atoms with Gasteiger partial charge in [0.1, 0.15) is 0 Å². The van der Waals surface area contributed by atoms with Crippen LogP contribution in [0, 0.1) is 12.8 Å². The molecule has 1 aromatic carbocycles. The van der Waals surface area contributed by atoms with Crippen LogP contribution in [0.4, 0.5) is 0 Å². The van der Waals surface area contributed by atoms with Crippen LogP contribution in [0.15, 0.2) is 18.2 Å². The van der Waals surface area contributed by atoms with Crippen LogP contribution in [-0.2, 0) is 16.6 Å². The second-order valence-corrected chi connectivity index (χ2v) is 9.04. The Morgan fingerprint density at radius 1 is 1.38 bits per heavy atom. The number of likely N-dealkylation sites (tertiary alicyclic amines) is 1. The van der Waals surface area contributed by atoms with Crippen molar-refractivity contribution in [1.82, 2.24) is 10.2 Å². The number of hydrogen-bond acceptors (Lipinski definition) is 5. The number of carbonyl (C=O) groups is 1. The molecule has 29 heavy (non-hydrogen) atoms. The maximum atomic E-state index is 12.1. The van der Waals surface area contributed by atoms with E-state index in [0.717, 1.165) is 42.5 Å². The molecule has 1 aromatic rings. The molecule has 1 saturated heterocycles. The molecule has 0 radical (unpaired) electrons. The fourth-order valence-electron chi connectivity index (χ4n) is 5.33. The van der Waals surface area contributed by atoms with E-state index in [-0.39, 0.29) is 28.7 Å². The minimum atomic E-state index is -0.184. The maximum Gasteiger partial charge on any atom is 0.220 e. The third-order valence-electron chi connectivity index (χ3n) is 7.06. The molecule has 5 nitrogen and oxygen atoms in total. The standard InChI is InChI=1S/C23H34N2O3S/c1-15-17(7-8-20(27)24-11-13-29)14-19(26)22(28)21(15)23-9-5-4-6-18(23)16(2)25(3)12-10-23/h4,6,14,16,18,26,28-29H,5,7-13H2,1-3H3,(H,24,27)/t16-,18?,23?/m1/s1. The zero-order valence-corrected chi connectivity index (χ0v) is 18.6. The number of piperidine rings is 1. The van der Waals surface area contributed by atoms with Crippen molar-refractivity contribution in [2.75, 3.05) is 25.9 Å². The molecule has 160 valence electrons. The summed E-state index contributed by atoms with van der Waals surface area (Å²) in [4.78, 5) is 14.4. The van der Waals surface area contributed by atoms with Gasteiger partial charge < -0.3 is 20.4 Å². The van der Waals surface area contributed by atoms with Crippen molar-refractivity contribution in [2.24, 2.45) is 5.92 Å². The highest BCUT2D eigenvalue weighted by atomic mass is 32.1. The summed E-state index contributed by atoms with van der Waals surface area (Å²) in [7, 11) is 2.15. The van der Waals surface area contributed by atoms with E-state index in [9.17, 15) is 15.0 Å². The Kier molecular flexibility index (Phi) is 6.84. The van der Waals surface area contributed by atoms with Crippen molar-refractivity contribution in [3.8, 4) is 11.5 Å². The normalized spacial score (nSPS) is 26.9. The van der Waals surface area contributed by atoms with E-state index in [2.05, 4.69) is 49.0 Å². The molecule has 2 aliphatic rings. The van der Waals surface area contributed by atoms with Crippen molar-refractivity contribution < 1.29 is 15.0 Å². The summed E-state index contributed by atoms with van der Waals surface area (Å²) in [6, 6.07) is 1.99. The van der Waals surface area contributed by atoms with E-state index in [1.54, 1.807) is 6.07 Å². The summed E-state index contributed by atoms with van der Waals surface area (Å²) < 4.78 is 0. The molecule has 1 aliphatic carbocycles. The molecule has 3 rings (SSSR count). The van der Waals surface area contributed by atoms with E-state index in [0.29, 0.717) is 31.2 Å². The fourth-order valence-corrected chi connectivity index (χ4v) is 5.44. The summed E-state index contributed by atoms with van der Waals surface area (Å²) in [5.41, 5.74) is 2.65. The highest BCUT2D eigenvalue weighted by Crippen LogP contribution is 2.54. The zero-order chi connectivity index (χ0) is 21.2. The van der Waals surface area contributed by atoms with Crippen molar-refractivity contribution in [3.05, 3.63) is 34.9 Å². The van der Waals surface area contributed by atoms with Gasteiger partial charge in [-0.25, -0.2) is 0 Å². The highest BCUT2D eigenvalue weighted by Gasteiger charge is 2.49. The second-order valence-electron chi connectivity index (χ2n) is 8.60. The molecule has 0 aromatic heterocycles. The quantitative estimate of drug-likeness (QED) is 0.325. The molecule has 0 spiro atoms. The first kappa shape index (κ1) is 22.0. The number of benzene rings is 1. The van der Waals surface area contributed by atoms with Gasteiger partial charge in [0.05, 0.1) is 0 Å². The van der Waals surface area contributed by atoms with Crippen molar-refractivity contribution >= 4 is 18.5 Å². The summed E-state index contributed by atoms with van der Waals surface area (Å²) in [6.45, 7) is 5.79. The van der Waals surface area contributed by atoms with E-state index in [1.807, 2.05) is 6.92 Å². The first-order chi connectivity index (χ1) is 13.8. The lowest BCUT2D eigenvalue weighted by Gasteiger charge is -2.52. The number of thiol groups is 1. The molecule has 0 saturated carbocycles. The van der Waals surface area contributed by atoms with E-state index >= 15 is 0 Å². The highest BCUT2D eigenvalue weighted by molar-refractivity contribution is 7.80. The molecule has 3 atom stereocenters. The third-order valence-corrected chi connectivity index (χ3v) is 7.29. The number of amides is 1. The number of fused-ring (bicyclic) bond motifs is 1. The van der Waals surface area contributed by atoms with Gasteiger partial charge in [-0.3, -0.25) is 4.79 Å². The lowest BCUT2D eigenvalue weighted by molar-refractivity contribution is -0.120. The van der Waals surface area contributed by atoms with Gasteiger partial charge in [-0.1, -0.05) is 12.2 Å². The minimum absolute atomic E-state index is 0.0165. The number of aryl methyl sites for hydroxylation is 1. The van der Waals surface area contributed by atoms with E-state index in [1.165, 1.54) is 0 Å². The lowest BCUT2D eigenvalue weighted by Crippen LogP contribution is -2.54. The summed E-state index contributed by atoms with van der Waals surface area (Å²) in [5.74, 6) is 0.817. The number of hydrogen-bond donors (Lipinski definition) is 4. The molecule has 1 heterocycles. The number of nitrogens with one attached hydrogen (secondary N) is 1. The first-order valence-corrected chi connectivity index (χ1v) is 11.2. The number of allylic oxidation sites excluding steroid dienone is 1. The Morgan fingerprint density at radius 3 is 2.86 bits per heavy atom. The summed E-state index contributed by atoms with van der Waals surface area (Å²) in [5, 5.41) is 24.4. The summed E-state index contributed by atoms with van der Waals surface area (Å²) in [6.07, 6.45) is 8.33. The second kappa shape index (κ2) is 9.00. The molecule has 2 unspecified atom stereocenters. The number of carbonyl (C=O) groups excluding carboxylic acids is 1. The van der Waals surface area contributed by atoms with Crippen molar-refractivity contribution in [2.45, 2.75) is 57.4 Å². The molecule has 6 heteroatoms. The van der Waals surface area contributed by atoms with Crippen LogP contribution >= 0.6 is 12.6 Å². The zero-order valence-electron chi connectivity index (χ0n) is 17.7. The number of aromatic hydroxyl groups is 2. The van der Waals surface area contributed by atoms with Gasteiger partial charge in [0.15, 0.2) is 11.5 Å². The predicted molar refractivity (Wildman–Crippen MR) is 120 cm³/mol. The van der Waals surface area contributed by atoms with Crippen LogP contribution < -0.4 is 5.32 Å². The predicted octanol–water partition coefficient (Wildman–Crippen LogP) is 3.31. The molecule has 1 amide bonds. The van der Waals surface area contributed by atoms with Gasteiger partial charge in [-0.05, 0) is 70.3 Å². The van der Waals surface area contributed by atoms with Crippen LogP contribution in [0.3, 0.4) is 0 Å². The van der Waals surface area contributed by atoms with E-state index in [4.69, 9.17) is 0 Å². The van der Waals surface area contributed by atoms with Gasteiger partial charge in [0.2, 0.25) is 5.91 Å². The number of rotatable bonds is 6. The Morgan fingerprint density at radius 2 is 2.14 bits per heavy atom. The molecule has 1 fully saturated rings.